The number of fused-ring (bicyclic) bond motifs is 2. The molecule has 5 rings (SSSR count). The van der Waals surface area contributed by atoms with Crippen molar-refractivity contribution in [2.45, 2.75) is 38.5 Å². The Kier molecular flexibility index (Phi) is 5.74. The van der Waals surface area contributed by atoms with Gasteiger partial charge in [0.15, 0.2) is 0 Å². The molecule has 0 aromatic heterocycles. The van der Waals surface area contributed by atoms with E-state index in [2.05, 4.69) is 64.5 Å². The number of hydrogen-bond acceptors (Lipinski definition) is 2. The minimum atomic E-state index is 0.641. The Morgan fingerprint density at radius 3 is 2.61 bits per heavy atom. The van der Waals surface area contributed by atoms with Crippen molar-refractivity contribution in [3.05, 3.63) is 80.8 Å². The predicted octanol–water partition coefficient (Wildman–Crippen LogP) is 7.57. The molecule has 0 radical (unpaired) electrons. The first-order valence-corrected chi connectivity index (χ1v) is 12.0. The number of nitrogens with zero attached hydrogens (tertiary/aromatic N) is 2. The molecular weight excluding hydrogens is 444 g/mol. The summed E-state index contributed by atoms with van der Waals surface area (Å²) < 4.78 is 1.01. The zero-order valence-electron chi connectivity index (χ0n) is 17.6. The molecular formula is C28H25BrN2. The van der Waals surface area contributed by atoms with Crippen LogP contribution >= 0.6 is 15.9 Å². The zero-order valence-corrected chi connectivity index (χ0v) is 19.2. The second kappa shape index (κ2) is 8.81. The van der Waals surface area contributed by atoms with Crippen LogP contribution in [-0.4, -0.2) is 12.3 Å². The molecule has 31 heavy (non-hydrogen) atoms. The van der Waals surface area contributed by atoms with Crippen LogP contribution in [0.3, 0.4) is 0 Å². The van der Waals surface area contributed by atoms with Crippen LogP contribution in [0.1, 0.15) is 59.9 Å². The Morgan fingerprint density at radius 1 is 0.935 bits per heavy atom. The molecule has 2 nitrogen and oxygen atoms in total. The van der Waals surface area contributed by atoms with E-state index in [1.54, 1.807) is 0 Å². The van der Waals surface area contributed by atoms with Gasteiger partial charge in [-0.15, -0.1) is 0 Å². The topological polar surface area (TPSA) is 36.1 Å². The van der Waals surface area contributed by atoms with Crippen molar-refractivity contribution in [2.24, 2.45) is 10.9 Å². The minimum Gasteiger partial charge on any atom is -0.288 e. The van der Waals surface area contributed by atoms with E-state index in [0.717, 1.165) is 33.8 Å². The molecule has 2 aliphatic rings. The number of benzene rings is 3. The largest absolute Gasteiger partial charge is 0.288 e. The minimum absolute atomic E-state index is 0.641. The first kappa shape index (κ1) is 20.2. The van der Waals surface area contributed by atoms with Crippen molar-refractivity contribution >= 4 is 44.6 Å². The molecule has 1 fully saturated rings. The zero-order chi connectivity index (χ0) is 21.2. The van der Waals surface area contributed by atoms with Crippen molar-refractivity contribution < 1.29 is 0 Å². The normalized spacial score (nSPS) is 16.8. The van der Waals surface area contributed by atoms with E-state index < -0.39 is 0 Å². The molecule has 3 aromatic carbocycles. The van der Waals surface area contributed by atoms with Gasteiger partial charge in [-0.1, -0.05) is 65.5 Å². The Bertz CT molecular complexity index is 1240. The third-order valence-electron chi connectivity index (χ3n) is 6.59. The number of aliphatic imine (C=N–C) groups is 1. The number of halogens is 1. The number of hydrogen-bond donors (Lipinski definition) is 0. The summed E-state index contributed by atoms with van der Waals surface area (Å²) in [5.74, 6) is 0.641. The van der Waals surface area contributed by atoms with Gasteiger partial charge in [-0.05, 0) is 82.6 Å². The Balaban J connectivity index is 1.44. The standard InChI is InChI=1S/C28H25BrN2/c29-27-17-20(14-24-11-9-21(18-30)16-25(24)27)7-6-19-8-10-22-12-13-31-28(26(22)15-19)23-4-2-1-3-5-23/h6-11,14-17,23H,1-5,12-13H2/b7-6+. The van der Waals surface area contributed by atoms with Crippen molar-refractivity contribution in [1.82, 2.24) is 0 Å². The Morgan fingerprint density at radius 2 is 1.77 bits per heavy atom. The summed E-state index contributed by atoms with van der Waals surface area (Å²) >= 11 is 3.68. The lowest BCUT2D eigenvalue weighted by molar-refractivity contribution is 0.438. The Labute approximate surface area is 192 Å². The SMILES string of the molecule is N#Cc1ccc2cc(/C=C/c3ccc4c(c3)C(C3CCCCC3)=NCC4)cc(Br)c2c1. The molecule has 1 heterocycles. The first-order valence-electron chi connectivity index (χ1n) is 11.2. The molecule has 1 aliphatic heterocycles. The molecule has 0 bridgehead atoms. The van der Waals surface area contributed by atoms with Gasteiger partial charge in [0.1, 0.15) is 0 Å². The van der Waals surface area contributed by atoms with Gasteiger partial charge in [0.2, 0.25) is 0 Å². The third kappa shape index (κ3) is 4.23. The quantitative estimate of drug-likeness (QED) is 0.365. The van der Waals surface area contributed by atoms with Crippen molar-refractivity contribution in [3.63, 3.8) is 0 Å². The van der Waals surface area contributed by atoms with E-state index in [1.807, 2.05) is 18.2 Å². The maximum atomic E-state index is 9.15. The molecule has 0 saturated heterocycles. The van der Waals surface area contributed by atoms with E-state index in [-0.39, 0.29) is 0 Å². The van der Waals surface area contributed by atoms with Crippen LogP contribution in [0.2, 0.25) is 0 Å². The fourth-order valence-electron chi connectivity index (χ4n) is 4.95. The van der Waals surface area contributed by atoms with E-state index in [1.165, 1.54) is 54.5 Å². The van der Waals surface area contributed by atoms with Crippen LogP contribution in [0.5, 0.6) is 0 Å². The number of rotatable bonds is 3. The molecule has 0 amide bonds. The predicted molar refractivity (Wildman–Crippen MR) is 133 cm³/mol. The van der Waals surface area contributed by atoms with Gasteiger partial charge < -0.3 is 0 Å². The average molecular weight is 469 g/mol. The van der Waals surface area contributed by atoms with Crippen LogP contribution in [0.15, 0.2) is 58.0 Å². The third-order valence-corrected chi connectivity index (χ3v) is 7.24. The van der Waals surface area contributed by atoms with Crippen LogP contribution < -0.4 is 0 Å². The van der Waals surface area contributed by atoms with Crippen LogP contribution in [0.4, 0.5) is 0 Å². The average Bonchev–Trinajstić information content (AvgIpc) is 2.82. The lowest BCUT2D eigenvalue weighted by atomic mass is 9.80. The fourth-order valence-corrected chi connectivity index (χ4v) is 5.56. The van der Waals surface area contributed by atoms with Gasteiger partial charge in [0.25, 0.3) is 0 Å². The van der Waals surface area contributed by atoms with Gasteiger partial charge >= 0.3 is 0 Å². The summed E-state index contributed by atoms with van der Waals surface area (Å²) in [6, 6.07) is 19.2. The summed E-state index contributed by atoms with van der Waals surface area (Å²) in [6.45, 7) is 0.937. The molecule has 0 spiro atoms. The molecule has 0 N–H and O–H groups in total. The molecule has 1 saturated carbocycles. The van der Waals surface area contributed by atoms with Crippen molar-refractivity contribution in [2.75, 3.05) is 6.54 Å². The second-order valence-electron chi connectivity index (χ2n) is 8.65. The highest BCUT2D eigenvalue weighted by Gasteiger charge is 2.24. The monoisotopic (exact) mass is 468 g/mol. The summed E-state index contributed by atoms with van der Waals surface area (Å²) in [5.41, 5.74) is 7.24. The molecule has 3 heteroatoms. The second-order valence-corrected chi connectivity index (χ2v) is 9.51. The van der Waals surface area contributed by atoms with Crippen LogP contribution in [-0.2, 0) is 6.42 Å². The molecule has 1 aliphatic carbocycles. The van der Waals surface area contributed by atoms with E-state index in [9.17, 15) is 0 Å². The van der Waals surface area contributed by atoms with Gasteiger partial charge in [-0.25, -0.2) is 0 Å². The van der Waals surface area contributed by atoms with Crippen LogP contribution in [0.25, 0.3) is 22.9 Å². The Hall–Kier alpha value is -2.70. The van der Waals surface area contributed by atoms with Gasteiger partial charge in [0, 0.05) is 22.6 Å². The van der Waals surface area contributed by atoms with Crippen molar-refractivity contribution in [3.8, 4) is 6.07 Å². The van der Waals surface area contributed by atoms with E-state index in [4.69, 9.17) is 10.3 Å². The highest BCUT2D eigenvalue weighted by atomic mass is 79.9. The first-order chi connectivity index (χ1) is 15.2. The fraction of sp³-hybridized carbons (Fsp3) is 0.286. The lowest BCUT2D eigenvalue weighted by Crippen LogP contribution is -2.23. The van der Waals surface area contributed by atoms with Gasteiger partial charge in [-0.2, -0.15) is 5.26 Å². The summed E-state index contributed by atoms with van der Waals surface area (Å²) in [6.07, 6.45) is 12.1. The highest BCUT2D eigenvalue weighted by Crippen LogP contribution is 2.32. The summed E-state index contributed by atoms with van der Waals surface area (Å²) in [4.78, 5) is 4.98. The van der Waals surface area contributed by atoms with Crippen molar-refractivity contribution in [1.29, 1.82) is 5.26 Å². The molecule has 0 unspecified atom stereocenters. The molecule has 0 atom stereocenters. The van der Waals surface area contributed by atoms with E-state index >= 15 is 0 Å². The number of nitriles is 1. The van der Waals surface area contributed by atoms with Crippen LogP contribution in [0, 0.1) is 17.2 Å². The maximum Gasteiger partial charge on any atom is 0.0991 e. The van der Waals surface area contributed by atoms with E-state index in [0.29, 0.717) is 11.5 Å². The van der Waals surface area contributed by atoms with Gasteiger partial charge in [0.05, 0.1) is 11.6 Å². The summed E-state index contributed by atoms with van der Waals surface area (Å²) in [5, 5.41) is 11.4. The molecule has 154 valence electrons. The highest BCUT2D eigenvalue weighted by molar-refractivity contribution is 9.10. The summed E-state index contributed by atoms with van der Waals surface area (Å²) in [7, 11) is 0. The smallest absolute Gasteiger partial charge is 0.0991 e. The lowest BCUT2D eigenvalue weighted by Gasteiger charge is -2.27. The maximum absolute atomic E-state index is 9.15. The van der Waals surface area contributed by atoms with Gasteiger partial charge in [-0.3, -0.25) is 4.99 Å². The molecule has 3 aromatic rings.